The van der Waals surface area contributed by atoms with Crippen molar-refractivity contribution in [2.45, 2.75) is 13.8 Å². The molecule has 26 heavy (non-hydrogen) atoms. The Bertz CT molecular complexity index is 1240. The number of rotatable bonds is 2. The zero-order valence-corrected chi connectivity index (χ0v) is 14.9. The molecule has 0 saturated heterocycles. The average Bonchev–Trinajstić information content (AvgIpc) is 3.23. The Morgan fingerprint density at radius 2 is 1.96 bits per heavy atom. The van der Waals surface area contributed by atoms with Crippen LogP contribution in [-0.2, 0) is 0 Å². The molecule has 5 rings (SSSR count). The molecule has 8 heteroatoms. The summed E-state index contributed by atoms with van der Waals surface area (Å²) in [4.78, 5) is 17.9. The molecule has 0 amide bonds. The van der Waals surface area contributed by atoms with Gasteiger partial charge in [0.2, 0.25) is 16.9 Å². The van der Waals surface area contributed by atoms with E-state index in [1.54, 1.807) is 12.1 Å². The van der Waals surface area contributed by atoms with Gasteiger partial charge in [-0.25, -0.2) is 4.98 Å². The van der Waals surface area contributed by atoms with E-state index in [0.717, 1.165) is 16.8 Å². The Balaban J connectivity index is 1.65. The first-order valence-electron chi connectivity index (χ1n) is 8.06. The second-order valence-corrected chi connectivity index (χ2v) is 7.14. The number of nitrogens with one attached hydrogen (secondary N) is 1. The van der Waals surface area contributed by atoms with E-state index in [9.17, 15) is 4.79 Å². The van der Waals surface area contributed by atoms with Crippen LogP contribution < -0.4 is 20.3 Å². The van der Waals surface area contributed by atoms with Gasteiger partial charge in [0.05, 0.1) is 10.9 Å². The highest BCUT2D eigenvalue weighted by Crippen LogP contribution is 2.35. The van der Waals surface area contributed by atoms with Crippen LogP contribution in [0.4, 0.5) is 10.8 Å². The van der Waals surface area contributed by atoms with Crippen molar-refractivity contribution in [3.63, 3.8) is 0 Å². The fraction of sp³-hybridized carbons (Fsp3) is 0.167. The van der Waals surface area contributed by atoms with Crippen molar-refractivity contribution in [1.29, 1.82) is 0 Å². The Labute approximate surface area is 151 Å². The maximum Gasteiger partial charge on any atom is 0.283 e. The van der Waals surface area contributed by atoms with Gasteiger partial charge in [-0.05, 0) is 37.1 Å². The molecule has 0 fully saturated rings. The van der Waals surface area contributed by atoms with Gasteiger partial charge in [0, 0.05) is 11.8 Å². The number of benzene rings is 2. The summed E-state index contributed by atoms with van der Waals surface area (Å²) >= 11 is 1.33. The zero-order valence-electron chi connectivity index (χ0n) is 14.1. The Hall–Kier alpha value is -3.13. The molecule has 0 aliphatic carbocycles. The predicted octanol–water partition coefficient (Wildman–Crippen LogP) is 3.39. The van der Waals surface area contributed by atoms with Gasteiger partial charge in [-0.3, -0.25) is 4.79 Å². The van der Waals surface area contributed by atoms with Gasteiger partial charge in [-0.15, -0.1) is 5.10 Å². The molecule has 0 unspecified atom stereocenters. The third kappa shape index (κ3) is 2.30. The number of hydrogen-bond acceptors (Lipinski definition) is 7. The maximum absolute atomic E-state index is 12.8. The van der Waals surface area contributed by atoms with Gasteiger partial charge in [0.1, 0.15) is 0 Å². The monoisotopic (exact) mass is 366 g/mol. The van der Waals surface area contributed by atoms with E-state index < -0.39 is 0 Å². The van der Waals surface area contributed by atoms with Gasteiger partial charge in [-0.2, -0.15) is 4.52 Å². The van der Waals surface area contributed by atoms with E-state index >= 15 is 0 Å². The van der Waals surface area contributed by atoms with Crippen molar-refractivity contribution in [3.05, 3.63) is 51.8 Å². The molecule has 3 heterocycles. The average molecular weight is 366 g/mol. The van der Waals surface area contributed by atoms with Gasteiger partial charge < -0.3 is 14.8 Å². The highest BCUT2D eigenvalue weighted by atomic mass is 32.1. The summed E-state index contributed by atoms with van der Waals surface area (Å²) < 4.78 is 12.0. The van der Waals surface area contributed by atoms with E-state index in [1.165, 1.54) is 15.9 Å². The molecular formula is C18H14N4O3S. The smallest absolute Gasteiger partial charge is 0.283 e. The molecular weight excluding hydrogens is 352 g/mol. The van der Waals surface area contributed by atoms with Crippen LogP contribution in [0, 0.1) is 13.8 Å². The van der Waals surface area contributed by atoms with Gasteiger partial charge in [0.15, 0.2) is 11.5 Å². The van der Waals surface area contributed by atoms with E-state index in [4.69, 9.17) is 9.47 Å². The van der Waals surface area contributed by atoms with Crippen LogP contribution in [0.15, 0.2) is 35.1 Å². The van der Waals surface area contributed by atoms with Crippen LogP contribution in [0.1, 0.15) is 11.1 Å². The minimum Gasteiger partial charge on any atom is -0.454 e. The van der Waals surface area contributed by atoms with Crippen LogP contribution in [-0.4, -0.2) is 21.4 Å². The molecule has 130 valence electrons. The van der Waals surface area contributed by atoms with E-state index in [0.29, 0.717) is 32.5 Å². The minimum absolute atomic E-state index is 0.156. The van der Waals surface area contributed by atoms with Crippen molar-refractivity contribution in [3.8, 4) is 11.5 Å². The third-order valence-corrected chi connectivity index (χ3v) is 5.15. The number of nitrogens with zero attached hydrogens (tertiary/aromatic N) is 3. The fourth-order valence-corrected chi connectivity index (χ4v) is 3.75. The molecule has 2 aromatic heterocycles. The summed E-state index contributed by atoms with van der Waals surface area (Å²) in [7, 11) is 0. The Morgan fingerprint density at radius 1 is 1.15 bits per heavy atom. The van der Waals surface area contributed by atoms with Crippen LogP contribution in [0.3, 0.4) is 0 Å². The van der Waals surface area contributed by atoms with Gasteiger partial charge in [-0.1, -0.05) is 23.5 Å². The Morgan fingerprint density at radius 3 is 2.81 bits per heavy atom. The topological polar surface area (TPSA) is 77.8 Å². The maximum atomic E-state index is 12.8. The van der Waals surface area contributed by atoms with Crippen molar-refractivity contribution in [2.24, 2.45) is 0 Å². The zero-order chi connectivity index (χ0) is 17.8. The first-order valence-corrected chi connectivity index (χ1v) is 8.88. The highest BCUT2D eigenvalue weighted by molar-refractivity contribution is 7.20. The van der Waals surface area contributed by atoms with Crippen LogP contribution >= 0.6 is 11.3 Å². The van der Waals surface area contributed by atoms with Crippen molar-refractivity contribution < 1.29 is 9.47 Å². The molecule has 0 radical (unpaired) electrons. The lowest BCUT2D eigenvalue weighted by Gasteiger charge is -2.06. The summed E-state index contributed by atoms with van der Waals surface area (Å²) in [6.07, 6.45) is 0. The molecule has 4 aromatic rings. The normalized spacial score (nSPS) is 12.8. The van der Waals surface area contributed by atoms with E-state index in [-0.39, 0.29) is 12.4 Å². The van der Waals surface area contributed by atoms with Crippen molar-refractivity contribution in [2.75, 3.05) is 12.1 Å². The molecule has 1 N–H and O–H groups in total. The summed E-state index contributed by atoms with van der Waals surface area (Å²) in [5, 5.41) is 8.75. The van der Waals surface area contributed by atoms with Gasteiger partial charge in [0.25, 0.3) is 5.56 Å². The standard InChI is InChI=1S/C18H14N4O3S/c1-9-3-4-10(2)12(5-9)19-17-21-22-16(23)11-6-14-15(25-8-24-14)7-13(11)20-18(22)26-17/h3-7H,8H2,1-2H3,(H,19,21). The molecule has 1 aliphatic rings. The molecule has 2 aromatic carbocycles. The first-order chi connectivity index (χ1) is 12.6. The number of hydrogen-bond donors (Lipinski definition) is 1. The fourth-order valence-electron chi connectivity index (χ4n) is 2.93. The lowest BCUT2D eigenvalue weighted by Crippen LogP contribution is -2.15. The van der Waals surface area contributed by atoms with E-state index in [1.807, 2.05) is 26.0 Å². The summed E-state index contributed by atoms with van der Waals surface area (Å²) in [6.45, 7) is 4.21. The lowest BCUT2D eigenvalue weighted by molar-refractivity contribution is 0.174. The minimum atomic E-state index is -0.228. The third-order valence-electron chi connectivity index (χ3n) is 4.32. The van der Waals surface area contributed by atoms with E-state index in [2.05, 4.69) is 21.5 Å². The molecule has 7 nitrogen and oxygen atoms in total. The number of aromatic nitrogens is 3. The SMILES string of the molecule is Cc1ccc(C)c(Nc2nn3c(=O)c4cc5c(cc4nc3s2)OCO5)c1. The van der Waals surface area contributed by atoms with Gasteiger partial charge >= 0.3 is 0 Å². The summed E-state index contributed by atoms with van der Waals surface area (Å²) in [6, 6.07) is 9.55. The summed E-state index contributed by atoms with van der Waals surface area (Å²) in [5.41, 5.74) is 3.55. The molecule has 0 atom stereocenters. The second-order valence-electron chi connectivity index (χ2n) is 6.18. The predicted molar refractivity (Wildman–Crippen MR) is 100.0 cm³/mol. The molecule has 0 bridgehead atoms. The molecule has 0 saturated carbocycles. The number of anilines is 2. The second kappa shape index (κ2) is 5.43. The first kappa shape index (κ1) is 15.2. The molecule has 1 aliphatic heterocycles. The quantitative estimate of drug-likeness (QED) is 0.586. The highest BCUT2D eigenvalue weighted by Gasteiger charge is 2.18. The number of aryl methyl sites for hydroxylation is 2. The van der Waals surface area contributed by atoms with Crippen LogP contribution in [0.5, 0.6) is 11.5 Å². The lowest BCUT2D eigenvalue weighted by atomic mass is 10.1. The number of fused-ring (bicyclic) bond motifs is 3. The van der Waals surface area contributed by atoms with Crippen molar-refractivity contribution >= 4 is 38.0 Å². The Kier molecular flexibility index (Phi) is 3.17. The summed E-state index contributed by atoms with van der Waals surface area (Å²) in [5.74, 6) is 1.16. The van der Waals surface area contributed by atoms with Crippen molar-refractivity contribution in [1.82, 2.24) is 14.6 Å². The van der Waals surface area contributed by atoms with Crippen LogP contribution in [0.2, 0.25) is 0 Å². The largest absolute Gasteiger partial charge is 0.454 e. The molecule has 0 spiro atoms. The number of ether oxygens (including phenoxy) is 2. The van der Waals surface area contributed by atoms with Crippen LogP contribution in [0.25, 0.3) is 15.9 Å².